The predicted octanol–water partition coefficient (Wildman–Crippen LogP) is 2.69. The fourth-order valence-corrected chi connectivity index (χ4v) is 2.20. The number of allylic oxidation sites excluding steroid dienone is 2. The largest absolute Gasteiger partial charge is 0.367 e. The van der Waals surface area contributed by atoms with Crippen LogP contribution in [0.4, 0.5) is 0 Å². The molecule has 0 aromatic rings. The van der Waals surface area contributed by atoms with Crippen LogP contribution in [0.25, 0.3) is 0 Å². The minimum absolute atomic E-state index is 0.0686. The van der Waals surface area contributed by atoms with E-state index in [1.165, 1.54) is 5.57 Å². The molecular formula is C11H16O. The zero-order chi connectivity index (χ0) is 8.77. The third-order valence-electron chi connectivity index (χ3n) is 2.73. The Balaban J connectivity index is 2.24. The van der Waals surface area contributed by atoms with E-state index in [1.54, 1.807) is 0 Å². The minimum Gasteiger partial charge on any atom is -0.367 e. The van der Waals surface area contributed by atoms with E-state index in [4.69, 9.17) is 4.74 Å². The smallest absolute Gasteiger partial charge is 0.0856 e. The van der Waals surface area contributed by atoms with E-state index in [2.05, 4.69) is 39.0 Å². The van der Waals surface area contributed by atoms with Crippen LogP contribution in [0.15, 0.2) is 23.8 Å². The fourth-order valence-electron chi connectivity index (χ4n) is 2.20. The minimum atomic E-state index is 0.0686. The number of rotatable bonds is 0. The summed E-state index contributed by atoms with van der Waals surface area (Å²) in [7, 11) is 0. The summed E-state index contributed by atoms with van der Waals surface area (Å²) in [6, 6.07) is 0. The summed E-state index contributed by atoms with van der Waals surface area (Å²) in [5.41, 5.74) is 1.44. The first kappa shape index (κ1) is 8.06. The van der Waals surface area contributed by atoms with Crippen LogP contribution in [-0.4, -0.2) is 11.7 Å². The van der Waals surface area contributed by atoms with Crippen molar-refractivity contribution in [2.45, 2.75) is 38.9 Å². The van der Waals surface area contributed by atoms with E-state index in [9.17, 15) is 0 Å². The molecule has 0 spiro atoms. The number of hydrogen-bond donors (Lipinski definition) is 0. The number of ether oxygens (including phenoxy) is 1. The number of fused-ring (bicyclic) bond motifs is 1. The Hall–Kier alpha value is -0.560. The Morgan fingerprint density at radius 3 is 2.92 bits per heavy atom. The van der Waals surface area contributed by atoms with Crippen molar-refractivity contribution in [3.05, 3.63) is 23.8 Å². The summed E-state index contributed by atoms with van der Waals surface area (Å²) in [6.45, 7) is 6.50. The SMILES string of the molecule is CC1=CC=CC2CC(C)(C)OC12. The van der Waals surface area contributed by atoms with Gasteiger partial charge in [0.05, 0.1) is 11.7 Å². The second kappa shape index (κ2) is 2.46. The molecule has 2 rings (SSSR count). The van der Waals surface area contributed by atoms with Gasteiger partial charge in [0.1, 0.15) is 0 Å². The monoisotopic (exact) mass is 164 g/mol. The van der Waals surface area contributed by atoms with Crippen molar-refractivity contribution >= 4 is 0 Å². The van der Waals surface area contributed by atoms with Crippen molar-refractivity contribution in [2.75, 3.05) is 0 Å². The quantitative estimate of drug-likeness (QED) is 0.535. The second-order valence-corrected chi connectivity index (χ2v) is 4.46. The van der Waals surface area contributed by atoms with E-state index in [1.807, 2.05) is 0 Å². The summed E-state index contributed by atoms with van der Waals surface area (Å²) >= 11 is 0. The molecular weight excluding hydrogens is 148 g/mol. The molecule has 0 N–H and O–H groups in total. The Morgan fingerprint density at radius 1 is 1.50 bits per heavy atom. The fraction of sp³-hybridized carbons (Fsp3) is 0.636. The summed E-state index contributed by atoms with van der Waals surface area (Å²) in [5.74, 6) is 0.616. The van der Waals surface area contributed by atoms with Gasteiger partial charge in [-0.1, -0.05) is 18.2 Å². The lowest BCUT2D eigenvalue weighted by molar-refractivity contribution is -0.00237. The van der Waals surface area contributed by atoms with Gasteiger partial charge >= 0.3 is 0 Å². The molecule has 0 saturated carbocycles. The van der Waals surface area contributed by atoms with Crippen molar-refractivity contribution in [3.8, 4) is 0 Å². The Kier molecular flexibility index (Phi) is 1.65. The lowest BCUT2D eigenvalue weighted by Crippen LogP contribution is -2.21. The molecule has 0 aromatic carbocycles. The normalized spacial score (nSPS) is 37.8. The van der Waals surface area contributed by atoms with Crippen LogP contribution in [0.5, 0.6) is 0 Å². The molecule has 12 heavy (non-hydrogen) atoms. The van der Waals surface area contributed by atoms with E-state index in [0.717, 1.165) is 6.42 Å². The van der Waals surface area contributed by atoms with Crippen LogP contribution in [0.1, 0.15) is 27.2 Å². The summed E-state index contributed by atoms with van der Waals surface area (Å²) < 4.78 is 5.95. The molecule has 2 aliphatic rings. The first-order valence-electron chi connectivity index (χ1n) is 4.61. The third kappa shape index (κ3) is 1.22. The highest BCUT2D eigenvalue weighted by atomic mass is 16.5. The molecule has 2 atom stereocenters. The number of hydrogen-bond acceptors (Lipinski definition) is 1. The van der Waals surface area contributed by atoms with Crippen molar-refractivity contribution < 1.29 is 4.74 Å². The highest BCUT2D eigenvalue weighted by Crippen LogP contribution is 2.39. The zero-order valence-corrected chi connectivity index (χ0v) is 8.00. The molecule has 1 aliphatic heterocycles. The summed E-state index contributed by atoms with van der Waals surface area (Å²) in [6.07, 6.45) is 8.08. The topological polar surface area (TPSA) is 9.23 Å². The van der Waals surface area contributed by atoms with Crippen LogP contribution in [0.2, 0.25) is 0 Å². The molecule has 2 unspecified atom stereocenters. The highest BCUT2D eigenvalue weighted by molar-refractivity contribution is 5.25. The lowest BCUT2D eigenvalue weighted by Gasteiger charge is -2.21. The molecule has 1 heterocycles. The maximum Gasteiger partial charge on any atom is 0.0856 e. The van der Waals surface area contributed by atoms with Gasteiger partial charge in [-0.2, -0.15) is 0 Å². The van der Waals surface area contributed by atoms with Crippen LogP contribution in [0.3, 0.4) is 0 Å². The highest BCUT2D eigenvalue weighted by Gasteiger charge is 2.40. The Labute approximate surface area is 74.1 Å². The van der Waals surface area contributed by atoms with Crippen molar-refractivity contribution in [3.63, 3.8) is 0 Å². The molecule has 1 nitrogen and oxygen atoms in total. The van der Waals surface area contributed by atoms with E-state index in [0.29, 0.717) is 12.0 Å². The zero-order valence-electron chi connectivity index (χ0n) is 8.00. The molecule has 0 aromatic heterocycles. The van der Waals surface area contributed by atoms with Gasteiger partial charge in [0.2, 0.25) is 0 Å². The van der Waals surface area contributed by atoms with E-state index >= 15 is 0 Å². The standard InChI is InChI=1S/C11H16O/c1-8-5-4-6-9-7-11(2,3)12-10(8)9/h4-6,9-10H,7H2,1-3H3. The maximum absolute atomic E-state index is 5.95. The molecule has 1 aliphatic carbocycles. The second-order valence-electron chi connectivity index (χ2n) is 4.46. The van der Waals surface area contributed by atoms with Gasteiger partial charge in [-0.3, -0.25) is 0 Å². The van der Waals surface area contributed by atoms with Gasteiger partial charge in [0.15, 0.2) is 0 Å². The summed E-state index contributed by atoms with van der Waals surface area (Å²) in [4.78, 5) is 0. The Bertz CT molecular complexity index is 248. The van der Waals surface area contributed by atoms with E-state index in [-0.39, 0.29) is 5.60 Å². The van der Waals surface area contributed by atoms with Crippen LogP contribution >= 0.6 is 0 Å². The van der Waals surface area contributed by atoms with Crippen LogP contribution in [-0.2, 0) is 4.74 Å². The van der Waals surface area contributed by atoms with E-state index < -0.39 is 0 Å². The van der Waals surface area contributed by atoms with Crippen molar-refractivity contribution in [2.24, 2.45) is 5.92 Å². The van der Waals surface area contributed by atoms with Crippen LogP contribution < -0.4 is 0 Å². The van der Waals surface area contributed by atoms with Gasteiger partial charge in [-0.05, 0) is 32.8 Å². The van der Waals surface area contributed by atoms with Gasteiger partial charge in [0, 0.05) is 5.92 Å². The molecule has 1 heteroatoms. The van der Waals surface area contributed by atoms with Gasteiger partial charge in [0.25, 0.3) is 0 Å². The van der Waals surface area contributed by atoms with Gasteiger partial charge < -0.3 is 4.74 Å². The average Bonchev–Trinajstić information content (AvgIpc) is 2.25. The molecule has 0 bridgehead atoms. The molecule has 0 radical (unpaired) electrons. The van der Waals surface area contributed by atoms with Gasteiger partial charge in [-0.25, -0.2) is 0 Å². The average molecular weight is 164 g/mol. The van der Waals surface area contributed by atoms with Crippen molar-refractivity contribution in [1.82, 2.24) is 0 Å². The molecule has 1 fully saturated rings. The molecule has 1 saturated heterocycles. The van der Waals surface area contributed by atoms with Crippen LogP contribution in [0, 0.1) is 5.92 Å². The molecule has 66 valence electrons. The first-order chi connectivity index (χ1) is 5.58. The van der Waals surface area contributed by atoms with Gasteiger partial charge in [-0.15, -0.1) is 0 Å². The molecule has 0 amide bonds. The van der Waals surface area contributed by atoms with Crippen molar-refractivity contribution in [1.29, 1.82) is 0 Å². The Morgan fingerprint density at radius 2 is 2.25 bits per heavy atom. The lowest BCUT2D eigenvalue weighted by atomic mass is 9.88. The summed E-state index contributed by atoms with van der Waals surface area (Å²) in [5, 5.41) is 0. The third-order valence-corrected chi connectivity index (χ3v) is 2.73. The predicted molar refractivity (Wildman–Crippen MR) is 50.0 cm³/mol. The maximum atomic E-state index is 5.95. The first-order valence-corrected chi connectivity index (χ1v) is 4.61.